The summed E-state index contributed by atoms with van der Waals surface area (Å²) in [6.45, 7) is 4.84. The van der Waals surface area contributed by atoms with Crippen molar-refractivity contribution < 1.29 is 4.39 Å². The Morgan fingerprint density at radius 1 is 1.35 bits per heavy atom. The minimum absolute atomic E-state index is 0.0363. The number of pyridine rings is 1. The quantitative estimate of drug-likeness (QED) is 0.880. The molecule has 20 heavy (non-hydrogen) atoms. The first-order chi connectivity index (χ1) is 9.60. The molecule has 1 aromatic carbocycles. The number of benzene rings is 1. The molecule has 1 aromatic heterocycles. The highest BCUT2D eigenvalue weighted by Gasteiger charge is 2.15. The predicted octanol–water partition coefficient (Wildman–Crippen LogP) is 3.00. The van der Waals surface area contributed by atoms with Crippen molar-refractivity contribution >= 4 is 5.82 Å². The minimum atomic E-state index is -0.215. The number of nitrogens with one attached hydrogen (secondary N) is 1. The Labute approximate surface area is 119 Å². The number of nitrogen functional groups attached to an aromatic ring is 1. The molecule has 0 saturated heterocycles. The molecule has 0 radical (unpaired) electrons. The fourth-order valence-electron chi connectivity index (χ4n) is 2.32. The molecule has 2 rings (SSSR count). The molecule has 3 nitrogen and oxygen atoms in total. The molecule has 106 valence electrons. The van der Waals surface area contributed by atoms with Crippen LogP contribution in [0.3, 0.4) is 0 Å². The molecule has 0 saturated carbocycles. The van der Waals surface area contributed by atoms with E-state index in [0.717, 1.165) is 23.2 Å². The van der Waals surface area contributed by atoms with Gasteiger partial charge >= 0.3 is 0 Å². The number of nitrogens with two attached hydrogens (primary N) is 1. The van der Waals surface area contributed by atoms with Crippen LogP contribution >= 0.6 is 0 Å². The van der Waals surface area contributed by atoms with Crippen LogP contribution in [0.2, 0.25) is 0 Å². The topological polar surface area (TPSA) is 50.9 Å². The zero-order valence-corrected chi connectivity index (χ0v) is 11.9. The lowest BCUT2D eigenvalue weighted by Crippen LogP contribution is -2.24. The van der Waals surface area contributed by atoms with Gasteiger partial charge in [-0.15, -0.1) is 0 Å². The van der Waals surface area contributed by atoms with Gasteiger partial charge in [-0.05, 0) is 49.2 Å². The zero-order chi connectivity index (χ0) is 14.5. The number of hydrogen-bond donors (Lipinski definition) is 2. The lowest BCUT2D eigenvalue weighted by molar-refractivity contribution is 0.546. The van der Waals surface area contributed by atoms with E-state index in [-0.39, 0.29) is 11.9 Å². The molecular formula is C16H20FN3. The smallest absolute Gasteiger partial charge is 0.128 e. The van der Waals surface area contributed by atoms with Crippen LogP contribution in [0.4, 0.5) is 10.2 Å². The molecule has 0 amide bonds. The van der Waals surface area contributed by atoms with Crippen molar-refractivity contribution in [2.75, 3.05) is 12.3 Å². The van der Waals surface area contributed by atoms with Crippen LogP contribution < -0.4 is 11.1 Å². The number of anilines is 1. The second kappa shape index (κ2) is 6.48. The van der Waals surface area contributed by atoms with E-state index in [1.54, 1.807) is 18.3 Å². The maximum Gasteiger partial charge on any atom is 0.128 e. The number of aryl methyl sites for hydroxylation is 1. The summed E-state index contributed by atoms with van der Waals surface area (Å²) in [6, 6.07) is 8.74. The second-order valence-electron chi connectivity index (χ2n) is 4.93. The summed E-state index contributed by atoms with van der Waals surface area (Å²) in [5.74, 6) is 0.311. The van der Waals surface area contributed by atoms with E-state index in [9.17, 15) is 4.39 Å². The molecule has 0 aliphatic heterocycles. The zero-order valence-electron chi connectivity index (χ0n) is 11.9. The summed E-state index contributed by atoms with van der Waals surface area (Å²) >= 11 is 0. The van der Waals surface area contributed by atoms with Crippen LogP contribution in [0.1, 0.15) is 29.7 Å². The van der Waals surface area contributed by atoms with Crippen LogP contribution in [0.5, 0.6) is 0 Å². The van der Waals surface area contributed by atoms with Gasteiger partial charge in [0, 0.05) is 17.8 Å². The Balaban J connectivity index is 2.29. The summed E-state index contributed by atoms with van der Waals surface area (Å²) in [5.41, 5.74) is 8.96. The standard InChI is InChI=1S/C16H20FN3/c1-3-19-15(9-12-5-4-6-13(17)8-12)14-7-11(2)10-20-16(14)18/h4-8,10,15,19H,3,9H2,1-2H3,(H2,18,20). The first kappa shape index (κ1) is 14.5. The number of nitrogens with zero attached hydrogens (tertiary/aromatic N) is 1. The fourth-order valence-corrected chi connectivity index (χ4v) is 2.32. The average Bonchev–Trinajstić information content (AvgIpc) is 2.41. The third-order valence-electron chi connectivity index (χ3n) is 3.24. The molecule has 3 N–H and O–H groups in total. The Morgan fingerprint density at radius 2 is 2.15 bits per heavy atom. The van der Waals surface area contributed by atoms with Crippen LogP contribution in [0.25, 0.3) is 0 Å². The van der Waals surface area contributed by atoms with Crippen molar-refractivity contribution in [3.63, 3.8) is 0 Å². The Morgan fingerprint density at radius 3 is 2.85 bits per heavy atom. The molecule has 4 heteroatoms. The van der Waals surface area contributed by atoms with E-state index < -0.39 is 0 Å². The highest BCUT2D eigenvalue weighted by Crippen LogP contribution is 2.23. The summed E-state index contributed by atoms with van der Waals surface area (Å²) in [7, 11) is 0. The van der Waals surface area contributed by atoms with Crippen molar-refractivity contribution in [1.29, 1.82) is 0 Å². The van der Waals surface area contributed by atoms with Crippen LogP contribution in [0, 0.1) is 12.7 Å². The Bertz CT molecular complexity index is 584. The largest absolute Gasteiger partial charge is 0.383 e. The number of rotatable bonds is 5. The van der Waals surface area contributed by atoms with E-state index in [1.165, 1.54) is 6.07 Å². The molecular weight excluding hydrogens is 253 g/mol. The van der Waals surface area contributed by atoms with Crippen LogP contribution in [-0.4, -0.2) is 11.5 Å². The van der Waals surface area contributed by atoms with Crippen molar-refractivity contribution in [2.45, 2.75) is 26.3 Å². The maximum absolute atomic E-state index is 13.3. The average molecular weight is 273 g/mol. The van der Waals surface area contributed by atoms with Crippen molar-refractivity contribution in [3.8, 4) is 0 Å². The van der Waals surface area contributed by atoms with Gasteiger partial charge in [-0.2, -0.15) is 0 Å². The third-order valence-corrected chi connectivity index (χ3v) is 3.24. The number of likely N-dealkylation sites (N-methyl/N-ethyl adjacent to an activating group) is 1. The molecule has 0 aliphatic carbocycles. The van der Waals surface area contributed by atoms with Crippen molar-refractivity contribution in [3.05, 3.63) is 59.0 Å². The van der Waals surface area contributed by atoms with Gasteiger partial charge in [0.05, 0.1) is 0 Å². The molecule has 1 heterocycles. The third kappa shape index (κ3) is 3.54. The molecule has 0 spiro atoms. The minimum Gasteiger partial charge on any atom is -0.383 e. The predicted molar refractivity (Wildman–Crippen MR) is 79.9 cm³/mol. The molecule has 2 aromatic rings. The number of halogens is 1. The Hall–Kier alpha value is -1.94. The normalized spacial score (nSPS) is 12.3. The second-order valence-corrected chi connectivity index (χ2v) is 4.93. The van der Waals surface area contributed by atoms with Gasteiger partial charge in [-0.25, -0.2) is 9.37 Å². The maximum atomic E-state index is 13.3. The number of hydrogen-bond acceptors (Lipinski definition) is 3. The monoisotopic (exact) mass is 273 g/mol. The SMILES string of the molecule is CCNC(Cc1cccc(F)c1)c1cc(C)cnc1N. The van der Waals surface area contributed by atoms with E-state index in [1.807, 2.05) is 26.0 Å². The van der Waals surface area contributed by atoms with E-state index in [0.29, 0.717) is 12.2 Å². The molecule has 0 bridgehead atoms. The molecule has 1 atom stereocenters. The van der Waals surface area contributed by atoms with Gasteiger partial charge in [-0.3, -0.25) is 0 Å². The van der Waals surface area contributed by atoms with Gasteiger partial charge in [0.15, 0.2) is 0 Å². The van der Waals surface area contributed by atoms with E-state index in [4.69, 9.17) is 5.73 Å². The highest BCUT2D eigenvalue weighted by molar-refractivity contribution is 5.43. The van der Waals surface area contributed by atoms with E-state index in [2.05, 4.69) is 10.3 Å². The van der Waals surface area contributed by atoms with Gasteiger partial charge < -0.3 is 11.1 Å². The fraction of sp³-hybridized carbons (Fsp3) is 0.312. The number of aromatic nitrogens is 1. The van der Waals surface area contributed by atoms with Gasteiger partial charge in [0.1, 0.15) is 11.6 Å². The summed E-state index contributed by atoms with van der Waals surface area (Å²) in [4.78, 5) is 4.20. The first-order valence-electron chi connectivity index (χ1n) is 6.80. The van der Waals surface area contributed by atoms with E-state index >= 15 is 0 Å². The summed E-state index contributed by atoms with van der Waals surface area (Å²) < 4.78 is 13.3. The first-order valence-corrected chi connectivity index (χ1v) is 6.80. The van der Waals surface area contributed by atoms with Crippen LogP contribution in [-0.2, 0) is 6.42 Å². The van der Waals surface area contributed by atoms with Gasteiger partial charge in [0.2, 0.25) is 0 Å². The summed E-state index contributed by atoms with van der Waals surface area (Å²) in [5, 5.41) is 3.39. The molecule has 0 fully saturated rings. The summed E-state index contributed by atoms with van der Waals surface area (Å²) in [6.07, 6.45) is 2.44. The molecule has 0 aliphatic rings. The van der Waals surface area contributed by atoms with Crippen molar-refractivity contribution in [2.24, 2.45) is 0 Å². The Kier molecular flexibility index (Phi) is 4.69. The molecule has 1 unspecified atom stereocenters. The van der Waals surface area contributed by atoms with Crippen LogP contribution in [0.15, 0.2) is 36.5 Å². The lowest BCUT2D eigenvalue weighted by atomic mass is 9.98. The van der Waals surface area contributed by atoms with Crippen molar-refractivity contribution in [1.82, 2.24) is 10.3 Å². The van der Waals surface area contributed by atoms with Gasteiger partial charge in [-0.1, -0.05) is 19.1 Å². The van der Waals surface area contributed by atoms with Gasteiger partial charge in [0.25, 0.3) is 0 Å². The highest BCUT2D eigenvalue weighted by atomic mass is 19.1. The lowest BCUT2D eigenvalue weighted by Gasteiger charge is -2.20.